The highest BCUT2D eigenvalue weighted by molar-refractivity contribution is 5.82. The molecular weight excluding hydrogens is 272 g/mol. The van der Waals surface area contributed by atoms with Gasteiger partial charge in [0, 0.05) is 19.6 Å². The maximum atomic E-state index is 11.6. The number of urea groups is 1. The van der Waals surface area contributed by atoms with E-state index < -0.39 is 18.0 Å². The standard InChI is InChI=1S/C15H22N2O4/c1-10(2)12-5-3-11(4-6-12)9-16-15(21)17-13(7-8-18)14(19)20/h3-6,10,13,18H,7-9H2,1-2H3,(H,19,20)(H2,16,17,21). The van der Waals surface area contributed by atoms with E-state index in [9.17, 15) is 9.59 Å². The van der Waals surface area contributed by atoms with Crippen molar-refractivity contribution in [2.24, 2.45) is 0 Å². The van der Waals surface area contributed by atoms with Crippen LogP contribution < -0.4 is 10.6 Å². The highest BCUT2D eigenvalue weighted by Gasteiger charge is 2.18. The molecule has 1 atom stereocenters. The molecule has 0 aromatic heterocycles. The number of rotatable bonds is 7. The molecule has 1 aromatic rings. The third-order valence-corrected chi connectivity index (χ3v) is 3.12. The number of carboxylic acids is 1. The molecular formula is C15H22N2O4. The van der Waals surface area contributed by atoms with Crippen molar-refractivity contribution in [2.75, 3.05) is 6.61 Å². The van der Waals surface area contributed by atoms with Gasteiger partial charge in [-0.3, -0.25) is 0 Å². The molecule has 2 amide bonds. The number of nitrogens with one attached hydrogen (secondary N) is 2. The minimum atomic E-state index is -1.17. The van der Waals surface area contributed by atoms with Gasteiger partial charge in [-0.25, -0.2) is 9.59 Å². The van der Waals surface area contributed by atoms with E-state index in [1.807, 2.05) is 24.3 Å². The van der Waals surface area contributed by atoms with Gasteiger partial charge in [-0.15, -0.1) is 0 Å². The molecule has 0 heterocycles. The average molecular weight is 294 g/mol. The van der Waals surface area contributed by atoms with Gasteiger partial charge in [0.1, 0.15) is 6.04 Å². The van der Waals surface area contributed by atoms with E-state index in [-0.39, 0.29) is 13.0 Å². The zero-order valence-electron chi connectivity index (χ0n) is 12.3. The molecule has 0 bridgehead atoms. The Hall–Kier alpha value is -2.08. The third kappa shape index (κ3) is 5.83. The summed E-state index contributed by atoms with van der Waals surface area (Å²) in [7, 11) is 0. The molecule has 6 heteroatoms. The van der Waals surface area contributed by atoms with E-state index in [0.717, 1.165) is 5.56 Å². The zero-order valence-corrected chi connectivity index (χ0v) is 12.3. The van der Waals surface area contributed by atoms with Crippen LogP contribution in [0.15, 0.2) is 24.3 Å². The summed E-state index contributed by atoms with van der Waals surface area (Å²) in [5, 5.41) is 22.5. The lowest BCUT2D eigenvalue weighted by molar-refractivity contribution is -0.139. The predicted molar refractivity (Wildman–Crippen MR) is 79.0 cm³/mol. The lowest BCUT2D eigenvalue weighted by Gasteiger charge is -2.14. The molecule has 116 valence electrons. The van der Waals surface area contributed by atoms with Gasteiger partial charge in [-0.05, 0) is 17.0 Å². The Kier molecular flexibility index (Phi) is 6.68. The zero-order chi connectivity index (χ0) is 15.8. The number of hydrogen-bond donors (Lipinski definition) is 4. The highest BCUT2D eigenvalue weighted by Crippen LogP contribution is 2.14. The van der Waals surface area contributed by atoms with E-state index in [2.05, 4.69) is 24.5 Å². The smallest absolute Gasteiger partial charge is 0.326 e. The van der Waals surface area contributed by atoms with Gasteiger partial charge in [-0.2, -0.15) is 0 Å². The Labute approximate surface area is 124 Å². The van der Waals surface area contributed by atoms with Gasteiger partial charge in [0.25, 0.3) is 0 Å². The minimum Gasteiger partial charge on any atom is -0.480 e. The molecule has 0 saturated carbocycles. The van der Waals surface area contributed by atoms with E-state index in [4.69, 9.17) is 10.2 Å². The first kappa shape index (κ1) is 17.0. The fraction of sp³-hybridized carbons (Fsp3) is 0.467. The van der Waals surface area contributed by atoms with Crippen molar-refractivity contribution in [1.29, 1.82) is 0 Å². The van der Waals surface area contributed by atoms with Crippen molar-refractivity contribution >= 4 is 12.0 Å². The van der Waals surface area contributed by atoms with Crippen molar-refractivity contribution in [2.45, 2.75) is 38.8 Å². The Bertz CT molecular complexity index is 471. The fourth-order valence-electron chi connectivity index (χ4n) is 1.80. The maximum absolute atomic E-state index is 11.6. The largest absolute Gasteiger partial charge is 0.480 e. The topological polar surface area (TPSA) is 98.7 Å². The summed E-state index contributed by atoms with van der Waals surface area (Å²) < 4.78 is 0. The van der Waals surface area contributed by atoms with E-state index >= 15 is 0 Å². The molecule has 0 spiro atoms. The molecule has 1 rings (SSSR count). The van der Waals surface area contributed by atoms with Crippen LogP contribution in [0.2, 0.25) is 0 Å². The normalized spacial score (nSPS) is 12.0. The number of aliphatic carboxylic acids is 1. The van der Waals surface area contributed by atoms with Gasteiger partial charge in [0.05, 0.1) is 0 Å². The summed E-state index contributed by atoms with van der Waals surface area (Å²) in [6, 6.07) is 6.22. The lowest BCUT2D eigenvalue weighted by atomic mass is 10.0. The summed E-state index contributed by atoms with van der Waals surface area (Å²) in [5.41, 5.74) is 2.15. The molecule has 6 nitrogen and oxygen atoms in total. The first-order chi connectivity index (χ1) is 9.93. The van der Waals surface area contributed by atoms with Gasteiger partial charge in [0.15, 0.2) is 0 Å². The van der Waals surface area contributed by atoms with Crippen LogP contribution in [-0.2, 0) is 11.3 Å². The second-order valence-corrected chi connectivity index (χ2v) is 5.13. The van der Waals surface area contributed by atoms with E-state index in [1.54, 1.807) is 0 Å². The van der Waals surface area contributed by atoms with Crippen molar-refractivity contribution in [1.82, 2.24) is 10.6 Å². The quantitative estimate of drug-likeness (QED) is 0.611. The summed E-state index contributed by atoms with van der Waals surface area (Å²) in [4.78, 5) is 22.5. The molecule has 0 radical (unpaired) electrons. The van der Waals surface area contributed by atoms with Crippen LogP contribution >= 0.6 is 0 Å². The molecule has 4 N–H and O–H groups in total. The van der Waals surface area contributed by atoms with Gasteiger partial charge in [0.2, 0.25) is 0 Å². The molecule has 1 aromatic carbocycles. The first-order valence-electron chi connectivity index (χ1n) is 6.91. The first-order valence-corrected chi connectivity index (χ1v) is 6.91. The van der Waals surface area contributed by atoms with Gasteiger partial charge >= 0.3 is 12.0 Å². The number of carbonyl (C=O) groups is 2. The number of amides is 2. The number of aliphatic hydroxyl groups excluding tert-OH is 1. The SMILES string of the molecule is CC(C)c1ccc(CNC(=O)NC(CCO)C(=O)O)cc1. The monoisotopic (exact) mass is 294 g/mol. The van der Waals surface area contributed by atoms with Crippen molar-refractivity contribution in [3.63, 3.8) is 0 Å². The average Bonchev–Trinajstić information content (AvgIpc) is 2.45. The molecule has 0 aliphatic rings. The molecule has 1 unspecified atom stereocenters. The van der Waals surface area contributed by atoms with Crippen LogP contribution in [0, 0.1) is 0 Å². The van der Waals surface area contributed by atoms with E-state index in [0.29, 0.717) is 12.5 Å². The summed E-state index contributed by atoms with van der Waals surface area (Å²) in [6.45, 7) is 4.23. The molecule has 0 aliphatic heterocycles. The molecule has 21 heavy (non-hydrogen) atoms. The number of benzene rings is 1. The van der Waals surface area contributed by atoms with Crippen LogP contribution in [0.5, 0.6) is 0 Å². The van der Waals surface area contributed by atoms with Gasteiger partial charge < -0.3 is 20.8 Å². The second-order valence-electron chi connectivity index (χ2n) is 5.13. The summed E-state index contributed by atoms with van der Waals surface area (Å²) in [6.07, 6.45) is -0.0220. The maximum Gasteiger partial charge on any atom is 0.326 e. The third-order valence-electron chi connectivity index (χ3n) is 3.12. The predicted octanol–water partition coefficient (Wildman–Crippen LogP) is 1.44. The molecule has 0 saturated heterocycles. The van der Waals surface area contributed by atoms with E-state index in [1.165, 1.54) is 5.56 Å². The highest BCUT2D eigenvalue weighted by atomic mass is 16.4. The van der Waals surface area contributed by atoms with Crippen molar-refractivity contribution in [3.8, 4) is 0 Å². The second kappa shape index (κ2) is 8.26. The van der Waals surface area contributed by atoms with Crippen LogP contribution in [0.4, 0.5) is 4.79 Å². The summed E-state index contributed by atoms with van der Waals surface area (Å²) >= 11 is 0. The fourth-order valence-corrected chi connectivity index (χ4v) is 1.80. The Balaban J connectivity index is 2.46. The van der Waals surface area contributed by atoms with Crippen LogP contribution in [-0.4, -0.2) is 34.9 Å². The molecule has 0 fully saturated rings. The van der Waals surface area contributed by atoms with Crippen LogP contribution in [0.25, 0.3) is 0 Å². The molecule has 0 aliphatic carbocycles. The Morgan fingerprint density at radius 2 is 1.81 bits per heavy atom. The number of aliphatic hydroxyl groups is 1. The van der Waals surface area contributed by atoms with Crippen molar-refractivity contribution in [3.05, 3.63) is 35.4 Å². The number of hydrogen-bond acceptors (Lipinski definition) is 3. The summed E-state index contributed by atoms with van der Waals surface area (Å²) in [5.74, 6) is -0.717. The number of carboxylic acid groups (broad SMARTS) is 1. The van der Waals surface area contributed by atoms with Gasteiger partial charge in [-0.1, -0.05) is 38.1 Å². The number of carbonyl (C=O) groups excluding carboxylic acids is 1. The van der Waals surface area contributed by atoms with Crippen LogP contribution in [0.1, 0.15) is 37.3 Å². The van der Waals surface area contributed by atoms with Crippen LogP contribution in [0.3, 0.4) is 0 Å². The Morgan fingerprint density at radius 3 is 2.29 bits per heavy atom. The van der Waals surface area contributed by atoms with Crippen molar-refractivity contribution < 1.29 is 19.8 Å². The lowest BCUT2D eigenvalue weighted by Crippen LogP contribution is -2.46. The Morgan fingerprint density at radius 1 is 1.19 bits per heavy atom. The minimum absolute atomic E-state index is 0.0220.